The largest absolute Gasteiger partial charge is 0.427 e. The molecule has 0 aromatic heterocycles. The molecule has 0 unspecified atom stereocenters. The van der Waals surface area contributed by atoms with Gasteiger partial charge in [0.05, 0.1) is 0 Å². The first-order chi connectivity index (χ1) is 11.9. The van der Waals surface area contributed by atoms with Crippen LogP contribution in [0.5, 0.6) is 0 Å². The monoisotopic (exact) mass is 325 g/mol. The van der Waals surface area contributed by atoms with E-state index in [0.717, 1.165) is 10.9 Å². The second kappa shape index (κ2) is 11.8. The van der Waals surface area contributed by atoms with Crippen molar-refractivity contribution in [3.8, 4) is 0 Å². The standard InChI is InChI=1S/C15H17BO2.C5H11N/c17-12-7-13-18-16(14-8-3-1-4-9-14)15-10-5-2-6-11-15;1-2-4-6-5-3-1/h1-6,8-11,17H,7,12-13H2;6H,1-5H2. The van der Waals surface area contributed by atoms with Crippen molar-refractivity contribution < 1.29 is 9.76 Å². The van der Waals surface area contributed by atoms with Crippen LogP contribution in [-0.2, 0) is 4.65 Å². The van der Waals surface area contributed by atoms with Crippen molar-refractivity contribution in [1.82, 2.24) is 5.32 Å². The normalized spacial score (nSPS) is 13.7. The first kappa shape index (κ1) is 18.7. The third kappa shape index (κ3) is 6.87. The lowest BCUT2D eigenvalue weighted by atomic mass is 9.55. The van der Waals surface area contributed by atoms with Crippen LogP contribution >= 0.6 is 0 Å². The summed E-state index contributed by atoms with van der Waals surface area (Å²) in [6.07, 6.45) is 4.88. The van der Waals surface area contributed by atoms with Crippen molar-refractivity contribution in [2.75, 3.05) is 26.3 Å². The lowest BCUT2D eigenvalue weighted by Crippen LogP contribution is -2.45. The molecule has 0 bridgehead atoms. The Bertz CT molecular complexity index is 481. The van der Waals surface area contributed by atoms with Crippen LogP contribution in [0.25, 0.3) is 0 Å². The number of piperidine rings is 1. The Morgan fingerprint density at radius 2 is 1.38 bits per heavy atom. The molecule has 3 rings (SSSR count). The van der Waals surface area contributed by atoms with Crippen molar-refractivity contribution in [2.24, 2.45) is 0 Å². The molecule has 1 aliphatic heterocycles. The molecule has 1 heterocycles. The molecule has 0 atom stereocenters. The lowest BCUT2D eigenvalue weighted by Gasteiger charge is -2.14. The SMILES string of the molecule is C1CCNCC1.OCCCOB(c1ccccc1)c1ccccc1. The van der Waals surface area contributed by atoms with Crippen LogP contribution in [0.3, 0.4) is 0 Å². The van der Waals surface area contributed by atoms with Crippen molar-refractivity contribution in [3.05, 3.63) is 60.7 Å². The zero-order valence-electron chi connectivity index (χ0n) is 14.4. The first-order valence-electron chi connectivity index (χ1n) is 8.95. The van der Waals surface area contributed by atoms with Crippen molar-refractivity contribution in [3.63, 3.8) is 0 Å². The molecule has 128 valence electrons. The number of aliphatic hydroxyl groups excluding tert-OH is 1. The molecule has 0 amide bonds. The number of aliphatic hydroxyl groups is 1. The van der Waals surface area contributed by atoms with Crippen LogP contribution in [0.15, 0.2) is 60.7 Å². The minimum absolute atomic E-state index is 0.0565. The molecule has 24 heavy (non-hydrogen) atoms. The Hall–Kier alpha value is -1.62. The third-order valence-electron chi connectivity index (χ3n) is 4.00. The number of benzene rings is 2. The Balaban J connectivity index is 0.000000292. The van der Waals surface area contributed by atoms with Gasteiger partial charge in [-0.25, -0.2) is 0 Å². The molecule has 1 fully saturated rings. The number of hydrogen-bond acceptors (Lipinski definition) is 3. The maximum absolute atomic E-state index is 8.84. The highest BCUT2D eigenvalue weighted by atomic mass is 16.4. The van der Waals surface area contributed by atoms with Crippen LogP contribution in [-0.4, -0.2) is 38.3 Å². The average Bonchev–Trinajstić information content (AvgIpc) is 2.69. The highest BCUT2D eigenvalue weighted by Gasteiger charge is 2.20. The molecule has 0 spiro atoms. The smallest absolute Gasteiger partial charge is 0.361 e. The van der Waals surface area contributed by atoms with E-state index in [1.165, 1.54) is 32.4 Å². The van der Waals surface area contributed by atoms with E-state index in [-0.39, 0.29) is 13.5 Å². The van der Waals surface area contributed by atoms with Crippen molar-refractivity contribution in [2.45, 2.75) is 25.7 Å². The van der Waals surface area contributed by atoms with Gasteiger partial charge in [-0.1, -0.05) is 67.1 Å². The van der Waals surface area contributed by atoms with E-state index in [2.05, 4.69) is 29.6 Å². The van der Waals surface area contributed by atoms with Gasteiger partial charge in [-0.3, -0.25) is 0 Å². The van der Waals surface area contributed by atoms with Crippen molar-refractivity contribution in [1.29, 1.82) is 0 Å². The molecule has 0 aliphatic carbocycles. The Labute approximate surface area is 146 Å². The number of rotatable bonds is 6. The van der Waals surface area contributed by atoms with Gasteiger partial charge in [0.1, 0.15) is 0 Å². The van der Waals surface area contributed by atoms with Crippen LogP contribution in [0.2, 0.25) is 0 Å². The molecular formula is C20H28BNO2. The third-order valence-corrected chi connectivity index (χ3v) is 4.00. The Morgan fingerprint density at radius 1 is 0.833 bits per heavy atom. The molecule has 4 heteroatoms. The van der Waals surface area contributed by atoms with Crippen LogP contribution < -0.4 is 16.2 Å². The van der Waals surface area contributed by atoms with Gasteiger partial charge in [0.15, 0.2) is 0 Å². The second-order valence-electron chi connectivity index (χ2n) is 5.96. The number of hydrogen-bond donors (Lipinski definition) is 2. The predicted molar refractivity (Wildman–Crippen MR) is 102 cm³/mol. The highest BCUT2D eigenvalue weighted by molar-refractivity contribution is 6.80. The van der Waals surface area contributed by atoms with Crippen LogP contribution in [0, 0.1) is 0 Å². The summed E-state index contributed by atoms with van der Waals surface area (Å²) in [5, 5.41) is 12.1. The van der Waals surface area contributed by atoms with E-state index in [4.69, 9.17) is 9.76 Å². The van der Waals surface area contributed by atoms with Gasteiger partial charge in [-0.2, -0.15) is 0 Å². The highest BCUT2D eigenvalue weighted by Crippen LogP contribution is 1.97. The van der Waals surface area contributed by atoms with Gasteiger partial charge >= 0.3 is 6.92 Å². The molecule has 0 radical (unpaired) electrons. The van der Waals surface area contributed by atoms with Gasteiger partial charge in [0, 0.05) is 13.2 Å². The molecule has 1 saturated heterocycles. The van der Waals surface area contributed by atoms with Gasteiger partial charge in [-0.05, 0) is 43.3 Å². The van der Waals surface area contributed by atoms with Crippen molar-refractivity contribution >= 4 is 17.8 Å². The zero-order chi connectivity index (χ0) is 16.9. The molecule has 2 aromatic carbocycles. The minimum Gasteiger partial charge on any atom is -0.427 e. The summed E-state index contributed by atoms with van der Waals surface area (Å²) in [6, 6.07) is 20.3. The first-order valence-corrected chi connectivity index (χ1v) is 8.95. The summed E-state index contributed by atoms with van der Waals surface area (Å²) in [7, 11) is 0. The maximum atomic E-state index is 8.84. The quantitative estimate of drug-likeness (QED) is 0.630. The molecule has 0 saturated carbocycles. The van der Waals surface area contributed by atoms with Crippen LogP contribution in [0.1, 0.15) is 25.7 Å². The second-order valence-corrected chi connectivity index (χ2v) is 5.96. The van der Waals surface area contributed by atoms with E-state index in [9.17, 15) is 0 Å². The van der Waals surface area contributed by atoms with Gasteiger partial charge in [0.2, 0.25) is 0 Å². The fourth-order valence-electron chi connectivity index (χ4n) is 2.71. The van der Waals surface area contributed by atoms with Gasteiger partial charge in [0.25, 0.3) is 0 Å². The molecule has 3 nitrogen and oxygen atoms in total. The fraction of sp³-hybridized carbons (Fsp3) is 0.400. The Morgan fingerprint density at radius 3 is 1.75 bits per heavy atom. The molecule has 2 N–H and O–H groups in total. The summed E-state index contributed by atoms with van der Waals surface area (Å²) >= 11 is 0. The van der Waals surface area contributed by atoms with Crippen LogP contribution in [0.4, 0.5) is 0 Å². The summed E-state index contributed by atoms with van der Waals surface area (Å²) in [4.78, 5) is 0. The van der Waals surface area contributed by atoms with Gasteiger partial charge < -0.3 is 15.1 Å². The maximum Gasteiger partial charge on any atom is 0.361 e. The molecule has 2 aromatic rings. The molecule has 1 aliphatic rings. The van der Waals surface area contributed by atoms with E-state index >= 15 is 0 Å². The molecular weight excluding hydrogens is 297 g/mol. The van der Waals surface area contributed by atoms with Gasteiger partial charge in [-0.15, -0.1) is 0 Å². The zero-order valence-corrected chi connectivity index (χ0v) is 14.4. The van der Waals surface area contributed by atoms with E-state index < -0.39 is 0 Å². The average molecular weight is 325 g/mol. The topological polar surface area (TPSA) is 41.5 Å². The number of nitrogens with one attached hydrogen (secondary N) is 1. The minimum atomic E-state index is -0.0565. The summed E-state index contributed by atoms with van der Waals surface area (Å²) < 4.78 is 5.89. The van der Waals surface area contributed by atoms with E-state index in [0.29, 0.717) is 13.0 Å². The Kier molecular flexibility index (Phi) is 9.24. The lowest BCUT2D eigenvalue weighted by molar-refractivity contribution is 0.238. The fourth-order valence-corrected chi connectivity index (χ4v) is 2.71. The summed E-state index contributed by atoms with van der Waals surface area (Å²) in [5.74, 6) is 0. The predicted octanol–water partition coefficient (Wildman–Crippen LogP) is 1.95. The van der Waals surface area contributed by atoms with E-state index in [1.807, 2.05) is 36.4 Å². The summed E-state index contributed by atoms with van der Waals surface area (Å²) in [6.45, 7) is 3.17. The summed E-state index contributed by atoms with van der Waals surface area (Å²) in [5.41, 5.74) is 2.28. The van der Waals surface area contributed by atoms with E-state index in [1.54, 1.807) is 0 Å².